The number of amides is 1. The van der Waals surface area contributed by atoms with E-state index in [4.69, 9.17) is 0 Å². The molecule has 0 saturated carbocycles. The first-order valence-electron chi connectivity index (χ1n) is 7.28. The number of pyridine rings is 2. The first-order valence-corrected chi connectivity index (χ1v) is 7.28. The minimum Gasteiger partial charge on any atom is -0.347 e. The fraction of sp³-hybridized carbons (Fsp3) is 0.176. The Balaban J connectivity index is 1.79. The van der Waals surface area contributed by atoms with Crippen molar-refractivity contribution in [1.82, 2.24) is 25.1 Å². The molecule has 6 heteroatoms. The lowest BCUT2D eigenvalue weighted by molar-refractivity contribution is 0.0941. The maximum atomic E-state index is 12.3. The highest BCUT2D eigenvalue weighted by molar-refractivity contribution is 5.92. The average Bonchev–Trinajstić information content (AvgIpc) is 2.92. The zero-order valence-corrected chi connectivity index (χ0v) is 13.0. The molecule has 116 valence electrons. The molecule has 0 radical (unpaired) electrons. The number of aromatic nitrogens is 4. The first-order chi connectivity index (χ1) is 11.1. The molecule has 0 fully saturated rings. The van der Waals surface area contributed by atoms with Crippen LogP contribution in [0.1, 0.15) is 21.7 Å². The van der Waals surface area contributed by atoms with Gasteiger partial charge in [0.1, 0.15) is 5.69 Å². The smallest absolute Gasteiger partial charge is 0.269 e. The van der Waals surface area contributed by atoms with E-state index in [0.717, 1.165) is 22.5 Å². The van der Waals surface area contributed by atoms with Gasteiger partial charge in [0.05, 0.1) is 11.4 Å². The normalized spacial score (nSPS) is 10.5. The molecule has 3 aromatic rings. The molecule has 0 saturated heterocycles. The summed E-state index contributed by atoms with van der Waals surface area (Å²) in [6, 6.07) is 9.39. The first kappa shape index (κ1) is 14.9. The predicted octanol–water partition coefficient (Wildman–Crippen LogP) is 2.12. The Labute approximate surface area is 134 Å². The van der Waals surface area contributed by atoms with E-state index in [9.17, 15) is 4.79 Å². The highest BCUT2D eigenvalue weighted by Crippen LogP contribution is 2.19. The van der Waals surface area contributed by atoms with Crippen molar-refractivity contribution in [3.05, 3.63) is 65.9 Å². The molecule has 0 aliphatic carbocycles. The second-order valence-electron chi connectivity index (χ2n) is 5.23. The molecule has 0 aliphatic rings. The number of rotatable bonds is 4. The lowest BCUT2D eigenvalue weighted by atomic mass is 10.1. The summed E-state index contributed by atoms with van der Waals surface area (Å²) in [6.07, 6.45) is 5.22. The van der Waals surface area contributed by atoms with Crippen molar-refractivity contribution in [1.29, 1.82) is 0 Å². The van der Waals surface area contributed by atoms with Gasteiger partial charge in [-0.25, -0.2) is 0 Å². The predicted molar refractivity (Wildman–Crippen MR) is 86.6 cm³/mol. The van der Waals surface area contributed by atoms with Gasteiger partial charge in [0.15, 0.2) is 0 Å². The molecule has 0 bridgehead atoms. The van der Waals surface area contributed by atoms with E-state index in [1.165, 1.54) is 0 Å². The molecule has 23 heavy (non-hydrogen) atoms. The molecule has 3 rings (SSSR count). The molecule has 1 N–H and O–H groups in total. The van der Waals surface area contributed by atoms with Crippen LogP contribution in [0.4, 0.5) is 0 Å². The van der Waals surface area contributed by atoms with Gasteiger partial charge in [-0.05, 0) is 36.8 Å². The van der Waals surface area contributed by atoms with E-state index < -0.39 is 0 Å². The van der Waals surface area contributed by atoms with Crippen molar-refractivity contribution in [3.8, 4) is 11.3 Å². The fourth-order valence-electron chi connectivity index (χ4n) is 2.43. The summed E-state index contributed by atoms with van der Waals surface area (Å²) in [5.41, 5.74) is 4.04. The number of carbonyl (C=O) groups is 1. The summed E-state index contributed by atoms with van der Waals surface area (Å²) < 4.78 is 1.58. The van der Waals surface area contributed by atoms with Crippen molar-refractivity contribution >= 4 is 5.91 Å². The number of hydrogen-bond acceptors (Lipinski definition) is 4. The molecule has 1 amide bonds. The van der Waals surface area contributed by atoms with Gasteiger partial charge in [0.2, 0.25) is 0 Å². The molecule has 0 aliphatic heterocycles. The molecule has 3 aromatic heterocycles. The van der Waals surface area contributed by atoms with E-state index in [2.05, 4.69) is 20.4 Å². The molecule has 0 unspecified atom stereocenters. The van der Waals surface area contributed by atoms with Crippen LogP contribution in [0.15, 0.2) is 48.9 Å². The van der Waals surface area contributed by atoms with E-state index in [1.807, 2.05) is 31.2 Å². The Kier molecular flexibility index (Phi) is 4.14. The highest BCUT2D eigenvalue weighted by Gasteiger charge is 2.13. The summed E-state index contributed by atoms with van der Waals surface area (Å²) in [5, 5.41) is 7.11. The molecule has 6 nitrogen and oxygen atoms in total. The molecule has 0 atom stereocenters. The number of carbonyl (C=O) groups excluding carboxylic acids is 1. The van der Waals surface area contributed by atoms with Crippen LogP contribution in [0.5, 0.6) is 0 Å². The molecule has 0 spiro atoms. The van der Waals surface area contributed by atoms with Crippen molar-refractivity contribution in [2.24, 2.45) is 7.05 Å². The van der Waals surface area contributed by atoms with Gasteiger partial charge in [0, 0.05) is 37.7 Å². The zero-order valence-electron chi connectivity index (χ0n) is 13.0. The van der Waals surface area contributed by atoms with Crippen molar-refractivity contribution < 1.29 is 4.79 Å². The molecular weight excluding hydrogens is 290 g/mol. The Morgan fingerprint density at radius 1 is 1.26 bits per heavy atom. The fourth-order valence-corrected chi connectivity index (χ4v) is 2.43. The Morgan fingerprint density at radius 2 is 2.09 bits per heavy atom. The Bertz CT molecular complexity index is 826. The topological polar surface area (TPSA) is 72.7 Å². The Hall–Kier alpha value is -3.02. The van der Waals surface area contributed by atoms with E-state index in [1.54, 1.807) is 36.4 Å². The van der Waals surface area contributed by atoms with Crippen LogP contribution in [0.3, 0.4) is 0 Å². The number of hydrogen-bond donors (Lipinski definition) is 1. The van der Waals surface area contributed by atoms with Gasteiger partial charge < -0.3 is 5.32 Å². The third-order valence-corrected chi connectivity index (χ3v) is 3.50. The van der Waals surface area contributed by atoms with Gasteiger partial charge >= 0.3 is 0 Å². The third-order valence-electron chi connectivity index (χ3n) is 3.50. The van der Waals surface area contributed by atoms with Gasteiger partial charge in [0.25, 0.3) is 5.91 Å². The summed E-state index contributed by atoms with van der Waals surface area (Å²) in [4.78, 5) is 20.8. The van der Waals surface area contributed by atoms with Crippen LogP contribution in [-0.2, 0) is 13.6 Å². The lowest BCUT2D eigenvalue weighted by Gasteiger charge is -2.09. The molecular formula is C17H17N5O. The lowest BCUT2D eigenvalue weighted by Crippen LogP contribution is -2.25. The van der Waals surface area contributed by atoms with Gasteiger partial charge in [-0.3, -0.25) is 19.4 Å². The van der Waals surface area contributed by atoms with Crippen molar-refractivity contribution in [2.75, 3.05) is 0 Å². The zero-order chi connectivity index (χ0) is 16.2. The maximum absolute atomic E-state index is 12.3. The van der Waals surface area contributed by atoms with Crippen LogP contribution < -0.4 is 5.32 Å². The summed E-state index contributed by atoms with van der Waals surface area (Å²) in [5.74, 6) is -0.158. The Morgan fingerprint density at radius 3 is 2.78 bits per heavy atom. The average molecular weight is 307 g/mol. The van der Waals surface area contributed by atoms with Crippen LogP contribution in [-0.4, -0.2) is 25.7 Å². The molecule has 0 aromatic carbocycles. The summed E-state index contributed by atoms with van der Waals surface area (Å²) in [7, 11) is 1.76. The van der Waals surface area contributed by atoms with Gasteiger partial charge in [-0.1, -0.05) is 6.07 Å². The summed E-state index contributed by atoms with van der Waals surface area (Å²) >= 11 is 0. The number of aryl methyl sites for hydroxylation is 2. The number of nitrogens with one attached hydrogen (secondary N) is 1. The number of nitrogens with zero attached hydrogens (tertiary/aromatic N) is 4. The summed E-state index contributed by atoms with van der Waals surface area (Å²) in [6.45, 7) is 2.25. The SMILES string of the molecule is Cc1cc(C(=O)NCc2cccnc2-c2cccnc2)n(C)n1. The third kappa shape index (κ3) is 3.26. The minimum absolute atomic E-state index is 0.158. The second-order valence-corrected chi connectivity index (χ2v) is 5.23. The van der Waals surface area contributed by atoms with Crippen LogP contribution in [0.25, 0.3) is 11.3 Å². The maximum Gasteiger partial charge on any atom is 0.269 e. The largest absolute Gasteiger partial charge is 0.347 e. The minimum atomic E-state index is -0.158. The van der Waals surface area contributed by atoms with E-state index >= 15 is 0 Å². The monoisotopic (exact) mass is 307 g/mol. The highest BCUT2D eigenvalue weighted by atomic mass is 16.2. The van der Waals surface area contributed by atoms with E-state index in [-0.39, 0.29) is 5.91 Å². The second kappa shape index (κ2) is 6.39. The van der Waals surface area contributed by atoms with Crippen molar-refractivity contribution in [2.45, 2.75) is 13.5 Å². The van der Waals surface area contributed by atoms with Gasteiger partial charge in [-0.2, -0.15) is 5.10 Å². The van der Waals surface area contributed by atoms with Gasteiger partial charge in [-0.15, -0.1) is 0 Å². The van der Waals surface area contributed by atoms with Crippen molar-refractivity contribution in [3.63, 3.8) is 0 Å². The molecule has 3 heterocycles. The quantitative estimate of drug-likeness (QED) is 0.801. The van der Waals surface area contributed by atoms with Crippen LogP contribution in [0, 0.1) is 6.92 Å². The van der Waals surface area contributed by atoms with E-state index in [0.29, 0.717) is 12.2 Å². The standard InChI is InChI=1S/C17H17N5O/c1-12-9-15(22(2)21-12)17(23)20-11-14-6-4-8-19-16(14)13-5-3-7-18-10-13/h3-10H,11H2,1-2H3,(H,20,23). The van der Waals surface area contributed by atoms with Crippen LogP contribution >= 0.6 is 0 Å². The van der Waals surface area contributed by atoms with Crippen LogP contribution in [0.2, 0.25) is 0 Å².